The predicted molar refractivity (Wildman–Crippen MR) is 99.9 cm³/mol. The number of benzene rings is 2. The van der Waals surface area contributed by atoms with Gasteiger partial charge >= 0.3 is 0 Å². The first-order chi connectivity index (χ1) is 12.6. The van der Waals surface area contributed by atoms with Gasteiger partial charge in [0.05, 0.1) is 6.20 Å². The summed E-state index contributed by atoms with van der Waals surface area (Å²) in [6.07, 6.45) is 1.36. The molecule has 0 fully saturated rings. The SMILES string of the molecule is CCN(CC)c1ccc(NC(=O)c2cnoc2-c2ccc(F)cc2)cc1. The van der Waals surface area contributed by atoms with Crippen LogP contribution >= 0.6 is 0 Å². The molecule has 0 saturated carbocycles. The number of rotatable bonds is 6. The topological polar surface area (TPSA) is 58.4 Å². The maximum atomic E-state index is 13.1. The van der Waals surface area contributed by atoms with Crippen molar-refractivity contribution in [2.45, 2.75) is 13.8 Å². The standard InChI is InChI=1S/C20H20FN3O2/c1-3-24(4-2)17-11-9-16(10-12-17)23-20(25)18-13-22-26-19(18)14-5-7-15(21)8-6-14/h5-13H,3-4H2,1-2H3,(H,23,25). The first-order valence-corrected chi connectivity index (χ1v) is 8.49. The summed E-state index contributed by atoms with van der Waals surface area (Å²) in [4.78, 5) is 14.8. The highest BCUT2D eigenvalue weighted by molar-refractivity contribution is 6.07. The highest BCUT2D eigenvalue weighted by Gasteiger charge is 2.18. The number of amides is 1. The van der Waals surface area contributed by atoms with E-state index < -0.39 is 0 Å². The minimum absolute atomic E-state index is 0.296. The van der Waals surface area contributed by atoms with E-state index in [1.54, 1.807) is 12.1 Å². The third kappa shape index (κ3) is 3.74. The zero-order valence-corrected chi connectivity index (χ0v) is 14.7. The van der Waals surface area contributed by atoms with Gasteiger partial charge in [-0.25, -0.2) is 4.39 Å². The van der Waals surface area contributed by atoms with Gasteiger partial charge in [-0.3, -0.25) is 4.79 Å². The summed E-state index contributed by atoms with van der Waals surface area (Å²) in [5.74, 6) is -0.379. The Labute approximate surface area is 151 Å². The van der Waals surface area contributed by atoms with E-state index in [-0.39, 0.29) is 11.7 Å². The van der Waals surface area contributed by atoms with Crippen molar-refractivity contribution in [3.05, 3.63) is 66.1 Å². The molecular formula is C20H20FN3O2. The van der Waals surface area contributed by atoms with Crippen molar-refractivity contribution in [2.24, 2.45) is 0 Å². The monoisotopic (exact) mass is 353 g/mol. The molecule has 0 unspecified atom stereocenters. The second-order valence-corrected chi connectivity index (χ2v) is 5.75. The quantitative estimate of drug-likeness (QED) is 0.705. The van der Waals surface area contributed by atoms with Crippen LogP contribution in [0.4, 0.5) is 15.8 Å². The van der Waals surface area contributed by atoms with Gasteiger partial charge in [-0.1, -0.05) is 5.16 Å². The molecule has 1 heterocycles. The van der Waals surface area contributed by atoms with Crippen molar-refractivity contribution in [2.75, 3.05) is 23.3 Å². The second-order valence-electron chi connectivity index (χ2n) is 5.75. The summed E-state index contributed by atoms with van der Waals surface area (Å²) in [5.41, 5.74) is 2.66. The van der Waals surface area contributed by atoms with E-state index in [0.29, 0.717) is 22.6 Å². The van der Waals surface area contributed by atoms with Crippen molar-refractivity contribution in [1.29, 1.82) is 0 Å². The van der Waals surface area contributed by atoms with Crippen molar-refractivity contribution in [1.82, 2.24) is 5.16 Å². The highest BCUT2D eigenvalue weighted by Crippen LogP contribution is 2.25. The molecule has 0 bridgehead atoms. The first kappa shape index (κ1) is 17.7. The third-order valence-corrected chi connectivity index (χ3v) is 4.18. The Kier molecular flexibility index (Phi) is 5.31. The molecule has 3 rings (SSSR count). The van der Waals surface area contributed by atoms with E-state index in [1.165, 1.54) is 18.3 Å². The van der Waals surface area contributed by atoms with Crippen LogP contribution in [0.3, 0.4) is 0 Å². The van der Waals surface area contributed by atoms with Gasteiger partial charge in [0, 0.05) is 30.0 Å². The van der Waals surface area contributed by atoms with Crippen LogP contribution in [-0.2, 0) is 0 Å². The van der Waals surface area contributed by atoms with E-state index in [2.05, 4.69) is 29.2 Å². The Morgan fingerprint density at radius 1 is 1.08 bits per heavy atom. The Morgan fingerprint density at radius 3 is 2.35 bits per heavy atom. The van der Waals surface area contributed by atoms with Crippen LogP contribution in [0.1, 0.15) is 24.2 Å². The lowest BCUT2D eigenvalue weighted by Crippen LogP contribution is -2.21. The zero-order valence-electron chi connectivity index (χ0n) is 14.7. The van der Waals surface area contributed by atoms with Crippen LogP contribution in [0.25, 0.3) is 11.3 Å². The molecule has 26 heavy (non-hydrogen) atoms. The molecule has 0 spiro atoms. The molecule has 134 valence electrons. The fourth-order valence-electron chi connectivity index (χ4n) is 2.75. The number of nitrogens with one attached hydrogen (secondary N) is 1. The van der Waals surface area contributed by atoms with Crippen LogP contribution in [-0.4, -0.2) is 24.2 Å². The fraction of sp³-hybridized carbons (Fsp3) is 0.200. The van der Waals surface area contributed by atoms with Crippen LogP contribution in [0, 0.1) is 5.82 Å². The fourth-order valence-corrected chi connectivity index (χ4v) is 2.75. The number of carbonyl (C=O) groups is 1. The number of hydrogen-bond acceptors (Lipinski definition) is 4. The summed E-state index contributed by atoms with van der Waals surface area (Å²) < 4.78 is 18.3. The van der Waals surface area contributed by atoms with Crippen LogP contribution in [0.2, 0.25) is 0 Å². The molecule has 0 aliphatic heterocycles. The highest BCUT2D eigenvalue weighted by atomic mass is 19.1. The Bertz CT molecular complexity index is 869. The third-order valence-electron chi connectivity index (χ3n) is 4.18. The van der Waals surface area contributed by atoms with Crippen molar-refractivity contribution in [3.63, 3.8) is 0 Å². The molecule has 6 heteroatoms. The number of aromatic nitrogens is 1. The van der Waals surface area contributed by atoms with E-state index in [0.717, 1.165) is 18.8 Å². The molecular weight excluding hydrogens is 333 g/mol. The molecule has 0 aliphatic rings. The molecule has 0 atom stereocenters. The van der Waals surface area contributed by atoms with Crippen molar-refractivity contribution >= 4 is 17.3 Å². The van der Waals surface area contributed by atoms with Crippen molar-refractivity contribution < 1.29 is 13.7 Å². The lowest BCUT2D eigenvalue weighted by molar-refractivity contribution is 0.102. The summed E-state index contributed by atoms with van der Waals surface area (Å²) in [6.45, 7) is 6.04. The first-order valence-electron chi connectivity index (χ1n) is 8.49. The van der Waals surface area contributed by atoms with Gasteiger partial charge in [-0.2, -0.15) is 0 Å². The number of anilines is 2. The lowest BCUT2D eigenvalue weighted by atomic mass is 10.1. The van der Waals surface area contributed by atoms with Crippen molar-refractivity contribution in [3.8, 4) is 11.3 Å². The molecule has 0 saturated heterocycles. The van der Waals surface area contributed by atoms with Gasteiger partial charge in [0.25, 0.3) is 5.91 Å². The summed E-state index contributed by atoms with van der Waals surface area (Å²) >= 11 is 0. The molecule has 1 aromatic heterocycles. The van der Waals surface area contributed by atoms with Gasteiger partial charge < -0.3 is 14.7 Å². The predicted octanol–water partition coefficient (Wildman–Crippen LogP) is 4.58. The molecule has 1 amide bonds. The van der Waals surface area contributed by atoms with Gasteiger partial charge in [0.15, 0.2) is 5.76 Å². The average Bonchev–Trinajstić information content (AvgIpc) is 3.14. The minimum atomic E-state index is -0.354. The Balaban J connectivity index is 1.77. The summed E-state index contributed by atoms with van der Waals surface area (Å²) in [5, 5.41) is 6.54. The smallest absolute Gasteiger partial charge is 0.261 e. The molecule has 0 radical (unpaired) electrons. The molecule has 5 nitrogen and oxygen atoms in total. The van der Waals surface area contributed by atoms with Crippen LogP contribution in [0.15, 0.2) is 59.3 Å². The van der Waals surface area contributed by atoms with Gasteiger partial charge in [-0.05, 0) is 62.4 Å². The number of carbonyl (C=O) groups excluding carboxylic acids is 1. The number of halogens is 1. The number of hydrogen-bond donors (Lipinski definition) is 1. The minimum Gasteiger partial charge on any atom is -0.372 e. The van der Waals surface area contributed by atoms with Gasteiger partial charge in [0.1, 0.15) is 11.4 Å². The Hall–Kier alpha value is -3.15. The normalized spacial score (nSPS) is 10.6. The van der Waals surface area contributed by atoms with Crippen LogP contribution in [0.5, 0.6) is 0 Å². The Morgan fingerprint density at radius 2 is 1.73 bits per heavy atom. The van der Waals surface area contributed by atoms with E-state index >= 15 is 0 Å². The van der Waals surface area contributed by atoms with E-state index in [4.69, 9.17) is 4.52 Å². The van der Waals surface area contributed by atoms with E-state index in [9.17, 15) is 9.18 Å². The molecule has 1 N–H and O–H groups in total. The zero-order chi connectivity index (χ0) is 18.5. The van der Waals surface area contributed by atoms with E-state index in [1.807, 2.05) is 24.3 Å². The largest absolute Gasteiger partial charge is 0.372 e. The van der Waals surface area contributed by atoms with Crippen LogP contribution < -0.4 is 10.2 Å². The molecule has 3 aromatic rings. The maximum Gasteiger partial charge on any atom is 0.261 e. The van der Waals surface area contributed by atoms with Gasteiger partial charge in [-0.15, -0.1) is 0 Å². The van der Waals surface area contributed by atoms with Gasteiger partial charge in [0.2, 0.25) is 0 Å². The maximum absolute atomic E-state index is 13.1. The lowest BCUT2D eigenvalue weighted by Gasteiger charge is -2.21. The average molecular weight is 353 g/mol. The molecule has 0 aliphatic carbocycles. The number of nitrogens with zero attached hydrogens (tertiary/aromatic N) is 2. The summed E-state index contributed by atoms with van der Waals surface area (Å²) in [7, 11) is 0. The second kappa shape index (κ2) is 7.82. The molecule has 2 aromatic carbocycles. The summed E-state index contributed by atoms with van der Waals surface area (Å²) in [6, 6.07) is 13.4.